The lowest BCUT2D eigenvalue weighted by atomic mass is 9.84. The first kappa shape index (κ1) is 12.3. The molecule has 0 fully saturated rings. The Bertz CT molecular complexity index is 582. The second-order valence-corrected chi connectivity index (χ2v) is 5.01. The van der Waals surface area contributed by atoms with Crippen LogP contribution in [0.5, 0.6) is 0 Å². The van der Waals surface area contributed by atoms with Gasteiger partial charge >= 0.3 is 11.9 Å². The number of hydrogen-bond acceptors (Lipinski definition) is 4. The summed E-state index contributed by atoms with van der Waals surface area (Å²) in [5.74, 6) is -1.38. The Balaban J connectivity index is 2.53. The minimum absolute atomic E-state index is 0.0888. The van der Waals surface area contributed by atoms with Gasteiger partial charge in [-0.1, -0.05) is 39.0 Å². The molecule has 0 amide bonds. The average Bonchev–Trinajstić information content (AvgIpc) is 2.77. The van der Waals surface area contributed by atoms with Gasteiger partial charge in [0.25, 0.3) is 0 Å². The highest BCUT2D eigenvalue weighted by molar-refractivity contribution is 5.82. The van der Waals surface area contributed by atoms with Gasteiger partial charge in [0, 0.05) is 5.56 Å². The molecule has 94 valence electrons. The molecule has 5 heteroatoms. The zero-order chi connectivity index (χ0) is 13.3. The van der Waals surface area contributed by atoms with Crippen LogP contribution in [-0.2, 0) is 5.41 Å². The summed E-state index contributed by atoms with van der Waals surface area (Å²) in [6, 6.07) is 7.60. The lowest BCUT2D eigenvalue weighted by molar-refractivity contribution is 0.0654. The molecular weight excluding hydrogens is 232 g/mol. The van der Waals surface area contributed by atoms with Crippen LogP contribution < -0.4 is 0 Å². The fraction of sp³-hybridized carbons (Fsp3) is 0.308. The largest absolute Gasteiger partial charge is 0.474 e. The molecule has 0 spiro atoms. The van der Waals surface area contributed by atoms with Crippen molar-refractivity contribution in [2.45, 2.75) is 26.2 Å². The minimum atomic E-state index is -1.22. The lowest BCUT2D eigenvalue weighted by Crippen LogP contribution is -2.12. The van der Waals surface area contributed by atoms with Crippen molar-refractivity contribution in [1.29, 1.82) is 0 Å². The highest BCUT2D eigenvalue weighted by Gasteiger charge is 2.22. The summed E-state index contributed by atoms with van der Waals surface area (Å²) in [5, 5.41) is 16.1. The van der Waals surface area contributed by atoms with E-state index in [1.54, 1.807) is 0 Å². The summed E-state index contributed by atoms with van der Waals surface area (Å²) in [6.45, 7) is 6.21. The number of aromatic nitrogens is 2. The molecule has 0 saturated heterocycles. The third-order valence-corrected chi connectivity index (χ3v) is 2.57. The van der Waals surface area contributed by atoms with E-state index < -0.39 is 11.9 Å². The van der Waals surface area contributed by atoms with Crippen molar-refractivity contribution < 1.29 is 14.3 Å². The summed E-state index contributed by atoms with van der Waals surface area (Å²) in [6.07, 6.45) is 0. The van der Waals surface area contributed by atoms with E-state index >= 15 is 0 Å². The predicted octanol–water partition coefficient (Wildman–Crippen LogP) is 2.73. The molecule has 0 saturated carbocycles. The van der Waals surface area contributed by atoms with E-state index in [2.05, 4.69) is 31.0 Å². The summed E-state index contributed by atoms with van der Waals surface area (Å²) in [7, 11) is 0. The number of carboxylic acid groups (broad SMARTS) is 1. The summed E-state index contributed by atoms with van der Waals surface area (Å²) < 4.78 is 5.15. The molecule has 1 aromatic heterocycles. The number of rotatable bonds is 2. The number of aromatic carboxylic acids is 1. The third kappa shape index (κ3) is 2.25. The van der Waals surface area contributed by atoms with Crippen molar-refractivity contribution in [1.82, 2.24) is 10.2 Å². The van der Waals surface area contributed by atoms with E-state index in [1.165, 1.54) is 0 Å². The van der Waals surface area contributed by atoms with Gasteiger partial charge in [-0.2, -0.15) is 0 Å². The topological polar surface area (TPSA) is 76.2 Å². The Kier molecular flexibility index (Phi) is 2.90. The van der Waals surface area contributed by atoms with Crippen LogP contribution in [-0.4, -0.2) is 21.3 Å². The van der Waals surface area contributed by atoms with Gasteiger partial charge in [0.15, 0.2) is 0 Å². The molecule has 0 unspecified atom stereocenters. The monoisotopic (exact) mass is 246 g/mol. The predicted molar refractivity (Wildman–Crippen MR) is 65.4 cm³/mol. The Labute approximate surface area is 104 Å². The summed E-state index contributed by atoms with van der Waals surface area (Å²) in [5.41, 5.74) is 1.71. The standard InChI is InChI=1S/C13H14N2O3/c1-13(2,3)9-7-5-4-6-8(9)10-14-15-11(18-10)12(16)17/h4-7H,1-3H3,(H,16,17). The Morgan fingerprint density at radius 1 is 1.22 bits per heavy atom. The van der Waals surface area contributed by atoms with Crippen molar-refractivity contribution in [3.05, 3.63) is 35.7 Å². The maximum atomic E-state index is 10.7. The zero-order valence-electron chi connectivity index (χ0n) is 10.5. The molecule has 1 aromatic carbocycles. The van der Waals surface area contributed by atoms with E-state index in [-0.39, 0.29) is 11.3 Å². The first-order chi connectivity index (χ1) is 8.39. The minimum Gasteiger partial charge on any atom is -0.474 e. The number of carbonyl (C=O) groups is 1. The van der Waals surface area contributed by atoms with E-state index in [0.29, 0.717) is 0 Å². The van der Waals surface area contributed by atoms with Gasteiger partial charge in [0.1, 0.15) is 0 Å². The molecule has 0 atom stereocenters. The van der Waals surface area contributed by atoms with Crippen molar-refractivity contribution in [3.63, 3.8) is 0 Å². The third-order valence-electron chi connectivity index (χ3n) is 2.57. The first-order valence-corrected chi connectivity index (χ1v) is 5.56. The van der Waals surface area contributed by atoms with Gasteiger partial charge in [0.2, 0.25) is 5.89 Å². The van der Waals surface area contributed by atoms with Gasteiger partial charge in [-0.25, -0.2) is 4.79 Å². The molecule has 0 aliphatic carbocycles. The molecule has 0 aliphatic heterocycles. The van der Waals surface area contributed by atoms with Crippen molar-refractivity contribution >= 4 is 5.97 Å². The smallest absolute Gasteiger partial charge is 0.393 e. The molecule has 0 aliphatic rings. The van der Waals surface area contributed by atoms with Crippen LogP contribution in [0.2, 0.25) is 0 Å². The van der Waals surface area contributed by atoms with E-state index in [4.69, 9.17) is 9.52 Å². The van der Waals surface area contributed by atoms with Gasteiger partial charge in [-0.05, 0) is 17.0 Å². The lowest BCUT2D eigenvalue weighted by Gasteiger charge is -2.21. The molecule has 0 bridgehead atoms. The van der Waals surface area contributed by atoms with Crippen molar-refractivity contribution in [2.24, 2.45) is 0 Å². The fourth-order valence-corrected chi connectivity index (χ4v) is 1.74. The molecular formula is C13H14N2O3. The Hall–Kier alpha value is -2.17. The number of hydrogen-bond donors (Lipinski definition) is 1. The van der Waals surface area contributed by atoms with Crippen LogP contribution in [0.1, 0.15) is 37.0 Å². The van der Waals surface area contributed by atoms with Gasteiger partial charge in [-0.15, -0.1) is 10.2 Å². The molecule has 2 aromatic rings. The van der Waals surface area contributed by atoms with Crippen molar-refractivity contribution in [2.75, 3.05) is 0 Å². The van der Waals surface area contributed by atoms with Crippen LogP contribution in [0, 0.1) is 0 Å². The number of carboxylic acids is 1. The normalized spacial score (nSPS) is 11.5. The van der Waals surface area contributed by atoms with Crippen LogP contribution in [0.25, 0.3) is 11.5 Å². The first-order valence-electron chi connectivity index (χ1n) is 5.56. The molecule has 0 radical (unpaired) electrons. The number of benzene rings is 1. The second kappa shape index (κ2) is 4.25. The molecule has 1 heterocycles. The highest BCUT2D eigenvalue weighted by atomic mass is 16.4. The van der Waals surface area contributed by atoms with E-state index in [0.717, 1.165) is 11.1 Å². The number of nitrogens with zero attached hydrogens (tertiary/aromatic N) is 2. The maximum absolute atomic E-state index is 10.7. The SMILES string of the molecule is CC(C)(C)c1ccccc1-c1nnc(C(=O)O)o1. The molecule has 2 rings (SSSR count). The highest BCUT2D eigenvalue weighted by Crippen LogP contribution is 2.31. The van der Waals surface area contributed by atoms with Crippen LogP contribution in [0.4, 0.5) is 0 Å². The fourth-order valence-electron chi connectivity index (χ4n) is 1.74. The van der Waals surface area contributed by atoms with E-state index in [9.17, 15) is 4.79 Å². The summed E-state index contributed by atoms with van der Waals surface area (Å²) >= 11 is 0. The average molecular weight is 246 g/mol. The van der Waals surface area contributed by atoms with Gasteiger partial charge in [-0.3, -0.25) is 0 Å². The van der Waals surface area contributed by atoms with Gasteiger partial charge < -0.3 is 9.52 Å². The maximum Gasteiger partial charge on any atom is 0.393 e. The van der Waals surface area contributed by atoms with Crippen LogP contribution in [0.3, 0.4) is 0 Å². The Morgan fingerprint density at radius 2 is 1.89 bits per heavy atom. The van der Waals surface area contributed by atoms with Crippen LogP contribution in [0.15, 0.2) is 28.7 Å². The Morgan fingerprint density at radius 3 is 2.44 bits per heavy atom. The van der Waals surface area contributed by atoms with Crippen LogP contribution >= 0.6 is 0 Å². The van der Waals surface area contributed by atoms with Gasteiger partial charge in [0.05, 0.1) is 0 Å². The molecule has 5 nitrogen and oxygen atoms in total. The van der Waals surface area contributed by atoms with E-state index in [1.807, 2.05) is 24.3 Å². The quantitative estimate of drug-likeness (QED) is 0.881. The molecule has 18 heavy (non-hydrogen) atoms. The molecule has 1 N–H and O–H groups in total. The van der Waals surface area contributed by atoms with Crippen molar-refractivity contribution in [3.8, 4) is 11.5 Å². The zero-order valence-corrected chi connectivity index (χ0v) is 10.5. The summed E-state index contributed by atoms with van der Waals surface area (Å²) in [4.78, 5) is 10.7. The second-order valence-electron chi connectivity index (χ2n) is 5.01.